The minimum atomic E-state index is -3.08. The van der Waals surface area contributed by atoms with Gasteiger partial charge in [0.25, 0.3) is 0 Å². The highest BCUT2D eigenvalue weighted by Gasteiger charge is 2.37. The van der Waals surface area contributed by atoms with Gasteiger partial charge in [0.1, 0.15) is 11.5 Å². The molecule has 5 nitrogen and oxygen atoms in total. The molecule has 1 fully saturated rings. The Kier molecular flexibility index (Phi) is 3.97. The van der Waals surface area contributed by atoms with Crippen molar-refractivity contribution < 1.29 is 17.9 Å². The van der Waals surface area contributed by atoms with Gasteiger partial charge < -0.3 is 14.8 Å². The Bertz CT molecular complexity index is 595. The molecule has 0 aliphatic carbocycles. The van der Waals surface area contributed by atoms with Crippen LogP contribution in [0.2, 0.25) is 0 Å². The molecule has 0 radical (unpaired) electrons. The van der Waals surface area contributed by atoms with Crippen LogP contribution in [0.3, 0.4) is 0 Å². The normalized spacial score (nSPS) is 24.1. The van der Waals surface area contributed by atoms with E-state index in [0.29, 0.717) is 11.5 Å². The molecule has 1 aromatic carbocycles. The van der Waals surface area contributed by atoms with E-state index in [4.69, 9.17) is 9.47 Å². The van der Waals surface area contributed by atoms with Crippen LogP contribution in [-0.4, -0.2) is 39.7 Å². The Morgan fingerprint density at radius 1 is 1.25 bits per heavy atom. The molecule has 112 valence electrons. The third-order valence-corrected chi connectivity index (χ3v) is 5.39. The van der Waals surface area contributed by atoms with Gasteiger partial charge in [0.2, 0.25) is 0 Å². The number of ether oxygens (including phenoxy) is 2. The SMILES string of the molecule is COc1ccc(C2CS(=O)(=O)CC(C)(C)N2)c(OC)c1. The molecule has 1 aliphatic rings. The van der Waals surface area contributed by atoms with Crippen molar-refractivity contribution in [2.75, 3.05) is 25.7 Å². The summed E-state index contributed by atoms with van der Waals surface area (Å²) in [7, 11) is 0.0767. The summed E-state index contributed by atoms with van der Waals surface area (Å²) in [5, 5.41) is 3.38. The summed E-state index contributed by atoms with van der Waals surface area (Å²) in [6.07, 6.45) is 0. The first-order valence-corrected chi connectivity index (χ1v) is 8.28. The number of benzene rings is 1. The molecule has 0 amide bonds. The topological polar surface area (TPSA) is 64.6 Å². The quantitative estimate of drug-likeness (QED) is 0.917. The van der Waals surface area contributed by atoms with E-state index in [2.05, 4.69) is 5.32 Å². The van der Waals surface area contributed by atoms with Crippen molar-refractivity contribution >= 4 is 9.84 Å². The van der Waals surface area contributed by atoms with Crippen molar-refractivity contribution in [1.29, 1.82) is 0 Å². The monoisotopic (exact) mass is 299 g/mol. The smallest absolute Gasteiger partial charge is 0.153 e. The van der Waals surface area contributed by atoms with E-state index in [1.807, 2.05) is 26.0 Å². The number of hydrogen-bond acceptors (Lipinski definition) is 5. The average Bonchev–Trinajstić information content (AvgIpc) is 2.34. The van der Waals surface area contributed by atoms with Gasteiger partial charge in [-0.2, -0.15) is 0 Å². The summed E-state index contributed by atoms with van der Waals surface area (Å²) in [4.78, 5) is 0. The fourth-order valence-corrected chi connectivity index (χ4v) is 4.76. The van der Waals surface area contributed by atoms with E-state index in [9.17, 15) is 8.42 Å². The summed E-state index contributed by atoms with van der Waals surface area (Å²) >= 11 is 0. The van der Waals surface area contributed by atoms with E-state index in [-0.39, 0.29) is 17.5 Å². The first-order valence-electron chi connectivity index (χ1n) is 6.46. The Morgan fingerprint density at radius 2 is 1.95 bits per heavy atom. The molecule has 1 unspecified atom stereocenters. The van der Waals surface area contributed by atoms with Crippen LogP contribution in [0, 0.1) is 0 Å². The molecule has 0 spiro atoms. The molecule has 0 bridgehead atoms. The van der Waals surface area contributed by atoms with Crippen LogP contribution in [0.4, 0.5) is 0 Å². The molecular weight excluding hydrogens is 278 g/mol. The summed E-state index contributed by atoms with van der Waals surface area (Å²) in [6, 6.07) is 5.16. The number of sulfone groups is 1. The second kappa shape index (κ2) is 5.26. The average molecular weight is 299 g/mol. The van der Waals surface area contributed by atoms with E-state index < -0.39 is 15.4 Å². The van der Waals surface area contributed by atoms with Crippen molar-refractivity contribution in [3.05, 3.63) is 23.8 Å². The Balaban J connectivity index is 2.40. The predicted molar refractivity (Wildman–Crippen MR) is 78.2 cm³/mol. The predicted octanol–water partition coefficient (Wildman–Crippen LogP) is 1.54. The molecule has 1 atom stereocenters. The van der Waals surface area contributed by atoms with Gasteiger partial charge in [0.15, 0.2) is 9.84 Å². The number of nitrogens with one attached hydrogen (secondary N) is 1. The molecule has 0 aromatic heterocycles. The number of methoxy groups -OCH3 is 2. The van der Waals surface area contributed by atoms with Gasteiger partial charge in [0.05, 0.1) is 31.8 Å². The lowest BCUT2D eigenvalue weighted by Crippen LogP contribution is -2.54. The molecule has 2 rings (SSSR count). The molecule has 1 heterocycles. The molecule has 1 saturated heterocycles. The van der Waals surface area contributed by atoms with Crippen LogP contribution in [0.25, 0.3) is 0 Å². The fourth-order valence-electron chi connectivity index (χ4n) is 2.69. The van der Waals surface area contributed by atoms with Gasteiger partial charge in [-0.15, -0.1) is 0 Å². The van der Waals surface area contributed by atoms with E-state index >= 15 is 0 Å². The molecule has 1 N–H and O–H groups in total. The zero-order chi connectivity index (χ0) is 15.0. The molecule has 1 aromatic rings. The number of hydrogen-bond donors (Lipinski definition) is 1. The van der Waals surface area contributed by atoms with Crippen LogP contribution in [0.1, 0.15) is 25.5 Å². The van der Waals surface area contributed by atoms with E-state index in [0.717, 1.165) is 5.56 Å². The molecule has 20 heavy (non-hydrogen) atoms. The highest BCUT2D eigenvalue weighted by molar-refractivity contribution is 7.91. The van der Waals surface area contributed by atoms with Crippen LogP contribution in [0.15, 0.2) is 18.2 Å². The van der Waals surface area contributed by atoms with E-state index in [1.165, 1.54) is 0 Å². The summed E-state index contributed by atoms with van der Waals surface area (Å²) in [5.41, 5.74) is 0.386. The lowest BCUT2D eigenvalue weighted by Gasteiger charge is -2.37. The van der Waals surface area contributed by atoms with Gasteiger partial charge in [-0.3, -0.25) is 0 Å². The molecule has 1 aliphatic heterocycles. The van der Waals surface area contributed by atoms with Crippen LogP contribution in [-0.2, 0) is 9.84 Å². The number of rotatable bonds is 3. The molecule has 6 heteroatoms. The van der Waals surface area contributed by atoms with Gasteiger partial charge in [-0.05, 0) is 19.9 Å². The Labute approximate surface area is 120 Å². The third-order valence-electron chi connectivity index (χ3n) is 3.38. The lowest BCUT2D eigenvalue weighted by atomic mass is 10.0. The summed E-state index contributed by atoms with van der Waals surface area (Å²) < 4.78 is 34.7. The maximum absolute atomic E-state index is 12.1. The first kappa shape index (κ1) is 15.1. The maximum atomic E-state index is 12.1. The Hall–Kier alpha value is -1.27. The van der Waals surface area contributed by atoms with Crippen molar-refractivity contribution in [2.45, 2.75) is 25.4 Å². The Morgan fingerprint density at radius 3 is 2.50 bits per heavy atom. The van der Waals surface area contributed by atoms with Crippen molar-refractivity contribution in [1.82, 2.24) is 5.32 Å². The standard InChI is InChI=1S/C14H21NO4S/c1-14(2)9-20(16,17)8-12(15-14)11-6-5-10(18-3)7-13(11)19-4/h5-7,12,15H,8-9H2,1-4H3. The van der Waals surface area contributed by atoms with Crippen molar-refractivity contribution in [3.8, 4) is 11.5 Å². The van der Waals surface area contributed by atoms with Gasteiger partial charge in [-0.1, -0.05) is 6.07 Å². The minimum absolute atomic E-state index is 0.0825. The largest absolute Gasteiger partial charge is 0.497 e. The first-order chi connectivity index (χ1) is 9.26. The van der Waals surface area contributed by atoms with E-state index in [1.54, 1.807) is 20.3 Å². The summed E-state index contributed by atoms with van der Waals surface area (Å²) in [6.45, 7) is 3.79. The highest BCUT2D eigenvalue weighted by Crippen LogP contribution is 2.33. The van der Waals surface area contributed by atoms with Crippen LogP contribution in [0.5, 0.6) is 11.5 Å². The van der Waals surface area contributed by atoms with Crippen molar-refractivity contribution in [2.24, 2.45) is 0 Å². The third kappa shape index (κ3) is 3.24. The zero-order valence-corrected chi connectivity index (χ0v) is 13.1. The van der Waals surface area contributed by atoms with Crippen LogP contribution >= 0.6 is 0 Å². The van der Waals surface area contributed by atoms with Crippen LogP contribution < -0.4 is 14.8 Å². The maximum Gasteiger partial charge on any atom is 0.153 e. The minimum Gasteiger partial charge on any atom is -0.497 e. The molecule has 0 saturated carbocycles. The molecular formula is C14H21NO4S. The van der Waals surface area contributed by atoms with Gasteiger partial charge >= 0.3 is 0 Å². The van der Waals surface area contributed by atoms with Crippen molar-refractivity contribution in [3.63, 3.8) is 0 Å². The second-order valence-electron chi connectivity index (χ2n) is 5.74. The van der Waals surface area contributed by atoms with Gasteiger partial charge in [-0.25, -0.2) is 8.42 Å². The highest BCUT2D eigenvalue weighted by atomic mass is 32.2. The second-order valence-corrected chi connectivity index (χ2v) is 7.85. The summed E-state index contributed by atoms with van der Waals surface area (Å²) in [5.74, 6) is 1.55. The van der Waals surface area contributed by atoms with Gasteiger partial charge in [0, 0.05) is 17.2 Å². The lowest BCUT2D eigenvalue weighted by molar-refractivity contribution is 0.344. The zero-order valence-electron chi connectivity index (χ0n) is 12.3. The fraction of sp³-hybridized carbons (Fsp3) is 0.571.